The minimum absolute atomic E-state index is 0.0573. The number of amides is 1. The van der Waals surface area contributed by atoms with Crippen molar-refractivity contribution in [1.29, 1.82) is 0 Å². The largest absolute Gasteiger partial charge is 0.444 e. The van der Waals surface area contributed by atoms with E-state index in [9.17, 15) is 9.59 Å². The van der Waals surface area contributed by atoms with Crippen molar-refractivity contribution in [2.75, 3.05) is 18.0 Å². The van der Waals surface area contributed by atoms with Crippen molar-refractivity contribution in [2.24, 2.45) is 0 Å². The molecule has 2 unspecified atom stereocenters. The molecule has 244 valence electrons. The molecule has 0 N–H and O–H groups in total. The van der Waals surface area contributed by atoms with E-state index in [1.807, 2.05) is 67.2 Å². The topological polar surface area (TPSA) is 106 Å². The number of anilines is 1. The number of fused-ring (bicyclic) bond motifs is 1. The Morgan fingerprint density at radius 1 is 1.00 bits per heavy atom. The van der Waals surface area contributed by atoms with Crippen molar-refractivity contribution in [3.63, 3.8) is 0 Å². The van der Waals surface area contributed by atoms with E-state index in [4.69, 9.17) is 21.3 Å². The predicted molar refractivity (Wildman–Crippen MR) is 179 cm³/mol. The monoisotopic (exact) mass is 649 g/mol. The SMILES string of the molecule is CC(C)c1ncnc(C(C)C)c1-n1c(=O)nc(N2CC(C)N(C(=O)OC(C)(C)C)C(C)C2)c2cc(Cl)c(-c3ccccc3F)nc21. The standard InChI is InChI=1S/C34H41ClFN7O3/c1-18(2)26-29(27(19(3)4)38-17-37-26)43-31-23(14-24(35)28(39-31)22-12-10-11-13-25(22)36)30(40-32(43)44)41-15-20(5)42(21(6)16-41)33(45)46-34(7,8)9/h10-14,17-21H,15-16H2,1-9H3. The summed E-state index contributed by atoms with van der Waals surface area (Å²) in [5.74, 6) is -0.229. The van der Waals surface area contributed by atoms with Crippen LogP contribution in [-0.2, 0) is 4.74 Å². The van der Waals surface area contributed by atoms with Crippen molar-refractivity contribution in [1.82, 2.24) is 29.4 Å². The normalized spacial score (nSPS) is 17.3. The van der Waals surface area contributed by atoms with Gasteiger partial charge >= 0.3 is 11.8 Å². The first-order valence-electron chi connectivity index (χ1n) is 15.6. The van der Waals surface area contributed by atoms with E-state index in [0.29, 0.717) is 41.4 Å². The summed E-state index contributed by atoms with van der Waals surface area (Å²) in [4.78, 5) is 49.8. The van der Waals surface area contributed by atoms with Gasteiger partial charge in [0.25, 0.3) is 0 Å². The second-order valence-electron chi connectivity index (χ2n) is 13.5. The molecule has 12 heteroatoms. The Kier molecular flexibility index (Phi) is 9.10. The summed E-state index contributed by atoms with van der Waals surface area (Å²) < 4.78 is 22.2. The summed E-state index contributed by atoms with van der Waals surface area (Å²) in [6.07, 6.45) is 1.11. The van der Waals surface area contributed by atoms with Crippen LogP contribution in [0.3, 0.4) is 0 Å². The summed E-state index contributed by atoms with van der Waals surface area (Å²) in [7, 11) is 0. The molecule has 4 heterocycles. The second kappa shape index (κ2) is 12.6. The third-order valence-electron chi connectivity index (χ3n) is 7.95. The van der Waals surface area contributed by atoms with Crippen LogP contribution in [0, 0.1) is 5.82 Å². The molecule has 2 atom stereocenters. The minimum atomic E-state index is -0.640. The Balaban J connectivity index is 1.77. The summed E-state index contributed by atoms with van der Waals surface area (Å²) in [5.41, 5.74) is 1.27. The smallest absolute Gasteiger partial charge is 0.410 e. The number of aromatic nitrogens is 5. The summed E-state index contributed by atoms with van der Waals surface area (Å²) in [5, 5.41) is 0.708. The van der Waals surface area contributed by atoms with Crippen LogP contribution in [0.4, 0.5) is 15.0 Å². The van der Waals surface area contributed by atoms with Crippen LogP contribution in [0.15, 0.2) is 41.5 Å². The first kappa shape index (κ1) is 33.2. The van der Waals surface area contributed by atoms with Gasteiger partial charge in [0, 0.05) is 18.7 Å². The molecule has 0 radical (unpaired) electrons. The number of benzene rings is 1. The van der Waals surface area contributed by atoms with Crippen LogP contribution in [0.1, 0.15) is 85.5 Å². The number of hydrogen-bond acceptors (Lipinski definition) is 8. The number of piperazine rings is 1. The van der Waals surface area contributed by atoms with Gasteiger partial charge in [0.15, 0.2) is 5.65 Å². The van der Waals surface area contributed by atoms with E-state index in [0.717, 1.165) is 0 Å². The van der Waals surface area contributed by atoms with Crippen LogP contribution in [0.2, 0.25) is 5.02 Å². The fraction of sp³-hybridized carbons (Fsp3) is 0.471. The van der Waals surface area contributed by atoms with Gasteiger partial charge in [-0.3, -0.25) is 4.90 Å². The lowest BCUT2D eigenvalue weighted by molar-refractivity contribution is 0.00561. The zero-order valence-electron chi connectivity index (χ0n) is 27.8. The molecule has 1 aliphatic rings. The second-order valence-corrected chi connectivity index (χ2v) is 13.9. The number of carbonyl (C=O) groups is 1. The fourth-order valence-electron chi connectivity index (χ4n) is 6.04. The van der Waals surface area contributed by atoms with Gasteiger partial charge in [-0.2, -0.15) is 4.98 Å². The van der Waals surface area contributed by atoms with E-state index < -0.39 is 23.2 Å². The third-order valence-corrected chi connectivity index (χ3v) is 8.24. The minimum Gasteiger partial charge on any atom is -0.444 e. The van der Waals surface area contributed by atoms with Gasteiger partial charge in [-0.05, 0) is 64.7 Å². The third kappa shape index (κ3) is 6.29. The Labute approximate surface area is 273 Å². The van der Waals surface area contributed by atoms with Crippen LogP contribution < -0.4 is 10.6 Å². The lowest BCUT2D eigenvalue weighted by atomic mass is 10.0. The highest BCUT2D eigenvalue weighted by Crippen LogP contribution is 2.37. The van der Waals surface area contributed by atoms with E-state index >= 15 is 4.39 Å². The number of hydrogen-bond donors (Lipinski definition) is 0. The number of rotatable bonds is 5. The van der Waals surface area contributed by atoms with E-state index in [1.165, 1.54) is 17.0 Å². The van der Waals surface area contributed by atoms with Crippen molar-refractivity contribution >= 4 is 34.5 Å². The maximum Gasteiger partial charge on any atom is 0.410 e. The zero-order chi connectivity index (χ0) is 33.7. The number of pyridine rings is 1. The molecule has 3 aromatic heterocycles. The lowest BCUT2D eigenvalue weighted by Crippen LogP contribution is -2.59. The highest BCUT2D eigenvalue weighted by molar-refractivity contribution is 6.33. The molecule has 0 bridgehead atoms. The molecule has 1 aromatic carbocycles. The fourth-order valence-corrected chi connectivity index (χ4v) is 6.29. The molecule has 1 fully saturated rings. The van der Waals surface area contributed by atoms with Gasteiger partial charge in [-0.15, -0.1) is 0 Å². The van der Waals surface area contributed by atoms with Gasteiger partial charge in [0.1, 0.15) is 23.6 Å². The van der Waals surface area contributed by atoms with Crippen molar-refractivity contribution in [3.8, 4) is 16.9 Å². The van der Waals surface area contributed by atoms with Crippen LogP contribution >= 0.6 is 11.6 Å². The van der Waals surface area contributed by atoms with E-state index in [-0.39, 0.29) is 45.8 Å². The Morgan fingerprint density at radius 2 is 1.59 bits per heavy atom. The van der Waals surface area contributed by atoms with Gasteiger partial charge in [-0.25, -0.2) is 33.5 Å². The quantitative estimate of drug-likeness (QED) is 0.225. The first-order chi connectivity index (χ1) is 21.6. The number of halogens is 2. The molecule has 10 nitrogen and oxygen atoms in total. The van der Waals surface area contributed by atoms with E-state index in [1.54, 1.807) is 29.2 Å². The molecule has 5 rings (SSSR count). The summed E-state index contributed by atoms with van der Waals surface area (Å²) in [6, 6.07) is 7.40. The van der Waals surface area contributed by atoms with Crippen LogP contribution in [0.25, 0.3) is 28.0 Å². The number of nitrogens with zero attached hydrogens (tertiary/aromatic N) is 7. The molecular formula is C34H41ClFN7O3. The zero-order valence-corrected chi connectivity index (χ0v) is 28.6. The molecule has 46 heavy (non-hydrogen) atoms. The van der Waals surface area contributed by atoms with Gasteiger partial charge in [0.2, 0.25) is 0 Å². The maximum atomic E-state index is 15.1. The molecule has 1 aliphatic heterocycles. The molecule has 0 spiro atoms. The van der Waals surface area contributed by atoms with Crippen LogP contribution in [-0.4, -0.2) is 66.3 Å². The average molecular weight is 650 g/mol. The molecule has 1 saturated heterocycles. The maximum absolute atomic E-state index is 15.1. The van der Waals surface area contributed by atoms with Crippen LogP contribution in [0.5, 0.6) is 0 Å². The lowest BCUT2D eigenvalue weighted by Gasteiger charge is -2.45. The highest BCUT2D eigenvalue weighted by Gasteiger charge is 2.37. The van der Waals surface area contributed by atoms with E-state index in [2.05, 4.69) is 15.0 Å². The van der Waals surface area contributed by atoms with Gasteiger partial charge in [-0.1, -0.05) is 51.4 Å². The number of ether oxygens (including phenoxy) is 1. The first-order valence-corrected chi connectivity index (χ1v) is 16.0. The van der Waals surface area contributed by atoms with Crippen molar-refractivity contribution in [2.45, 2.75) is 91.8 Å². The van der Waals surface area contributed by atoms with Gasteiger partial charge in [0.05, 0.1) is 45.3 Å². The Bertz CT molecular complexity index is 1820. The summed E-state index contributed by atoms with van der Waals surface area (Å²) in [6.45, 7) is 18.1. The van der Waals surface area contributed by atoms with Crippen molar-refractivity contribution < 1.29 is 13.9 Å². The molecule has 0 aliphatic carbocycles. The average Bonchev–Trinajstić information content (AvgIpc) is 2.95. The molecule has 1 amide bonds. The molecular weight excluding hydrogens is 609 g/mol. The number of carbonyl (C=O) groups excluding carboxylic acids is 1. The predicted octanol–water partition coefficient (Wildman–Crippen LogP) is 7.11. The van der Waals surface area contributed by atoms with Crippen molar-refractivity contribution in [3.05, 3.63) is 69.4 Å². The highest BCUT2D eigenvalue weighted by atomic mass is 35.5. The molecule has 0 saturated carbocycles. The molecule has 4 aromatic rings. The summed E-state index contributed by atoms with van der Waals surface area (Å²) >= 11 is 6.85. The van der Waals surface area contributed by atoms with Gasteiger partial charge < -0.3 is 9.64 Å². The Hall–Kier alpha value is -4.12. The Morgan fingerprint density at radius 3 is 2.13 bits per heavy atom.